The SMILES string of the molecule is C=C(C(=O)O[C@@H]1C/C(C)=C\CC/C(CO)=C\C2OC(=O)C(=C)[C@H]21)C(O)CO. The van der Waals surface area contributed by atoms with Gasteiger partial charge in [-0.1, -0.05) is 24.8 Å². The summed E-state index contributed by atoms with van der Waals surface area (Å²) < 4.78 is 10.9. The van der Waals surface area contributed by atoms with Gasteiger partial charge in [0, 0.05) is 12.0 Å². The standard InChI is InChI=1S/C20H26O7/c1-11-5-4-6-14(9-21)8-17-18(13(3)20(25)27-17)16(7-11)26-19(24)12(2)15(23)10-22/h5,8,15-18,21-23H,2-4,6-7,9-10H2,1H3/b11-5-,14-8+/t15?,16-,17?,18+/m1/s1. The van der Waals surface area contributed by atoms with E-state index in [0.29, 0.717) is 19.3 Å². The lowest BCUT2D eigenvalue weighted by atomic mass is 9.85. The maximum atomic E-state index is 12.3. The Labute approximate surface area is 158 Å². The van der Waals surface area contributed by atoms with E-state index in [2.05, 4.69) is 13.2 Å². The minimum atomic E-state index is -1.42. The first kappa shape index (κ1) is 21.1. The van der Waals surface area contributed by atoms with Gasteiger partial charge in [-0.05, 0) is 31.4 Å². The molecular formula is C20H26O7. The molecule has 27 heavy (non-hydrogen) atoms. The molecule has 1 aliphatic heterocycles. The predicted molar refractivity (Wildman–Crippen MR) is 97.4 cm³/mol. The fourth-order valence-electron chi connectivity index (χ4n) is 3.23. The fraction of sp³-hybridized carbons (Fsp3) is 0.500. The number of hydrogen-bond acceptors (Lipinski definition) is 7. The molecule has 0 radical (unpaired) electrons. The molecule has 1 heterocycles. The van der Waals surface area contributed by atoms with Crippen molar-refractivity contribution in [1.82, 2.24) is 0 Å². The lowest BCUT2D eigenvalue weighted by Crippen LogP contribution is -2.35. The molecule has 7 heteroatoms. The number of esters is 2. The van der Waals surface area contributed by atoms with E-state index < -0.39 is 42.8 Å². The zero-order valence-electron chi connectivity index (χ0n) is 15.4. The average Bonchev–Trinajstić information content (AvgIpc) is 2.92. The van der Waals surface area contributed by atoms with Crippen molar-refractivity contribution >= 4 is 11.9 Å². The van der Waals surface area contributed by atoms with Crippen LogP contribution < -0.4 is 0 Å². The minimum absolute atomic E-state index is 0.163. The van der Waals surface area contributed by atoms with Gasteiger partial charge in [0.25, 0.3) is 0 Å². The first-order chi connectivity index (χ1) is 12.8. The molecule has 148 valence electrons. The largest absolute Gasteiger partial charge is 0.458 e. The predicted octanol–water partition coefficient (Wildman–Crippen LogP) is 0.954. The Bertz CT molecular complexity index is 688. The first-order valence-corrected chi connectivity index (χ1v) is 8.83. The number of aliphatic hydroxyl groups excluding tert-OH is 3. The maximum Gasteiger partial charge on any atom is 0.336 e. The molecule has 0 aromatic rings. The van der Waals surface area contributed by atoms with E-state index in [-0.39, 0.29) is 17.8 Å². The number of ether oxygens (including phenoxy) is 2. The van der Waals surface area contributed by atoms with Crippen LogP contribution >= 0.6 is 0 Å². The number of fused-ring (bicyclic) bond motifs is 1. The molecule has 1 saturated heterocycles. The summed E-state index contributed by atoms with van der Waals surface area (Å²) in [6.07, 6.45) is 2.46. The summed E-state index contributed by atoms with van der Waals surface area (Å²) in [4.78, 5) is 24.4. The van der Waals surface area contributed by atoms with E-state index in [1.54, 1.807) is 6.08 Å². The molecule has 2 unspecified atom stereocenters. The highest BCUT2D eigenvalue weighted by atomic mass is 16.6. The van der Waals surface area contributed by atoms with Crippen LogP contribution in [0.5, 0.6) is 0 Å². The third kappa shape index (κ3) is 4.94. The monoisotopic (exact) mass is 378 g/mol. The smallest absolute Gasteiger partial charge is 0.336 e. The zero-order valence-corrected chi connectivity index (χ0v) is 15.4. The molecule has 0 saturated carbocycles. The third-order valence-corrected chi connectivity index (χ3v) is 4.84. The second-order valence-corrected chi connectivity index (χ2v) is 6.86. The third-order valence-electron chi connectivity index (χ3n) is 4.84. The van der Waals surface area contributed by atoms with Crippen LogP contribution in [0.2, 0.25) is 0 Å². The number of hydrogen-bond donors (Lipinski definition) is 3. The van der Waals surface area contributed by atoms with Gasteiger partial charge in [0.1, 0.15) is 18.3 Å². The van der Waals surface area contributed by atoms with Crippen LogP contribution in [0.4, 0.5) is 0 Å². The molecule has 0 aromatic carbocycles. The Morgan fingerprint density at radius 1 is 1.44 bits per heavy atom. The minimum Gasteiger partial charge on any atom is -0.458 e. The number of carbonyl (C=O) groups excluding carboxylic acids is 2. The lowest BCUT2D eigenvalue weighted by molar-refractivity contribution is -0.148. The fourth-order valence-corrected chi connectivity index (χ4v) is 3.23. The number of carbonyl (C=O) groups is 2. The highest BCUT2D eigenvalue weighted by Crippen LogP contribution is 2.36. The Kier molecular flexibility index (Phi) is 7.12. The van der Waals surface area contributed by atoms with Gasteiger partial charge in [-0.25, -0.2) is 9.59 Å². The molecule has 1 fully saturated rings. The van der Waals surface area contributed by atoms with Gasteiger partial charge in [-0.3, -0.25) is 0 Å². The van der Waals surface area contributed by atoms with E-state index in [4.69, 9.17) is 14.6 Å². The van der Waals surface area contributed by atoms with E-state index >= 15 is 0 Å². The van der Waals surface area contributed by atoms with Gasteiger partial charge < -0.3 is 24.8 Å². The van der Waals surface area contributed by atoms with Crippen LogP contribution in [0.3, 0.4) is 0 Å². The second-order valence-electron chi connectivity index (χ2n) is 6.86. The maximum absolute atomic E-state index is 12.3. The Balaban J connectivity index is 2.36. The van der Waals surface area contributed by atoms with E-state index in [1.807, 2.05) is 13.0 Å². The summed E-state index contributed by atoms with van der Waals surface area (Å²) in [6, 6.07) is 0. The molecule has 0 aromatic heterocycles. The van der Waals surface area contributed by atoms with Crippen LogP contribution in [0.25, 0.3) is 0 Å². The van der Waals surface area contributed by atoms with Gasteiger partial charge in [0.15, 0.2) is 0 Å². The number of allylic oxidation sites excluding steroid dienone is 1. The van der Waals surface area contributed by atoms with Crippen LogP contribution in [0.1, 0.15) is 26.2 Å². The molecule has 7 nitrogen and oxygen atoms in total. The summed E-state index contributed by atoms with van der Waals surface area (Å²) in [7, 11) is 0. The second kappa shape index (κ2) is 9.12. The van der Waals surface area contributed by atoms with Crippen molar-refractivity contribution in [1.29, 1.82) is 0 Å². The molecule has 0 amide bonds. The van der Waals surface area contributed by atoms with Gasteiger partial charge in [-0.15, -0.1) is 0 Å². The molecule has 0 bridgehead atoms. The Morgan fingerprint density at radius 3 is 2.78 bits per heavy atom. The number of rotatable bonds is 5. The molecule has 2 aliphatic rings. The Hall–Kier alpha value is -2.22. The van der Waals surface area contributed by atoms with Gasteiger partial charge >= 0.3 is 11.9 Å². The Morgan fingerprint density at radius 2 is 2.15 bits per heavy atom. The zero-order chi connectivity index (χ0) is 20.1. The van der Waals surface area contributed by atoms with Crippen molar-refractivity contribution in [3.05, 3.63) is 47.6 Å². The van der Waals surface area contributed by atoms with Gasteiger partial charge in [-0.2, -0.15) is 0 Å². The van der Waals surface area contributed by atoms with Crippen molar-refractivity contribution < 1.29 is 34.4 Å². The van der Waals surface area contributed by atoms with Crippen molar-refractivity contribution in [3.63, 3.8) is 0 Å². The van der Waals surface area contributed by atoms with E-state index in [0.717, 1.165) is 11.1 Å². The van der Waals surface area contributed by atoms with E-state index in [1.165, 1.54) is 0 Å². The molecule has 1 aliphatic carbocycles. The highest BCUT2D eigenvalue weighted by molar-refractivity contribution is 5.92. The summed E-state index contributed by atoms with van der Waals surface area (Å²) >= 11 is 0. The molecule has 0 spiro atoms. The van der Waals surface area contributed by atoms with E-state index in [9.17, 15) is 19.8 Å². The average molecular weight is 378 g/mol. The van der Waals surface area contributed by atoms with Gasteiger partial charge in [0.2, 0.25) is 0 Å². The highest BCUT2D eigenvalue weighted by Gasteiger charge is 2.44. The van der Waals surface area contributed by atoms with Crippen LogP contribution in [-0.4, -0.2) is 58.8 Å². The van der Waals surface area contributed by atoms with Crippen LogP contribution in [-0.2, 0) is 19.1 Å². The van der Waals surface area contributed by atoms with Crippen LogP contribution in [0.15, 0.2) is 47.6 Å². The van der Waals surface area contributed by atoms with Crippen LogP contribution in [0, 0.1) is 5.92 Å². The quantitative estimate of drug-likeness (QED) is 0.371. The summed E-state index contributed by atoms with van der Waals surface area (Å²) in [5, 5.41) is 28.2. The van der Waals surface area contributed by atoms with Crippen molar-refractivity contribution in [3.8, 4) is 0 Å². The summed E-state index contributed by atoms with van der Waals surface area (Å²) in [5.74, 6) is -2.05. The normalized spacial score (nSPS) is 30.9. The number of aliphatic hydroxyl groups is 3. The lowest BCUT2D eigenvalue weighted by Gasteiger charge is -2.28. The molecule has 2 rings (SSSR count). The first-order valence-electron chi connectivity index (χ1n) is 8.83. The molecule has 4 atom stereocenters. The molecule has 3 N–H and O–H groups in total. The van der Waals surface area contributed by atoms with Crippen molar-refractivity contribution in [2.75, 3.05) is 13.2 Å². The van der Waals surface area contributed by atoms with Crippen molar-refractivity contribution in [2.45, 2.75) is 44.5 Å². The molecular weight excluding hydrogens is 352 g/mol. The summed E-state index contributed by atoms with van der Waals surface area (Å²) in [5.41, 5.74) is 1.60. The van der Waals surface area contributed by atoms with Gasteiger partial charge in [0.05, 0.1) is 24.7 Å². The topological polar surface area (TPSA) is 113 Å². The van der Waals surface area contributed by atoms with Crippen molar-refractivity contribution in [2.24, 2.45) is 5.92 Å². The summed E-state index contributed by atoms with van der Waals surface area (Å²) in [6.45, 7) is 8.32.